The molecule has 0 spiro atoms. The van der Waals surface area contributed by atoms with E-state index in [1.165, 1.54) is 0 Å². The minimum atomic E-state index is 0.407. The van der Waals surface area contributed by atoms with Gasteiger partial charge in [0, 0.05) is 32.8 Å². The van der Waals surface area contributed by atoms with Gasteiger partial charge in [-0.25, -0.2) is 15.0 Å². The van der Waals surface area contributed by atoms with Gasteiger partial charge in [0.05, 0.1) is 68.5 Å². The average molecular weight is 611 g/mol. The fourth-order valence-electron chi connectivity index (χ4n) is 6.32. The van der Waals surface area contributed by atoms with E-state index in [0.717, 1.165) is 55.5 Å². The molecule has 2 heterocycles. The Morgan fingerprint density at radius 1 is 0.396 bits per heavy atom. The molecule has 6 heteroatoms. The molecule has 0 bridgehead atoms. The summed E-state index contributed by atoms with van der Waals surface area (Å²) in [5, 5.41) is 32.2. The minimum absolute atomic E-state index is 0.407. The van der Waals surface area contributed by atoms with Gasteiger partial charge in [0.1, 0.15) is 0 Å². The molecule has 6 nitrogen and oxygen atoms in total. The molecule has 0 amide bonds. The second-order valence-corrected chi connectivity index (χ2v) is 11.4. The molecule has 0 atom stereocenters. The highest BCUT2D eigenvalue weighted by molar-refractivity contribution is 6.22. The van der Waals surface area contributed by atoms with Crippen LogP contribution < -0.4 is 0 Å². The molecule has 0 unspecified atom stereocenters. The summed E-state index contributed by atoms with van der Waals surface area (Å²) < 4.78 is 0. The largest absolute Gasteiger partial charge is 0.247 e. The molecule has 0 saturated heterocycles. The number of nitriles is 3. The van der Waals surface area contributed by atoms with E-state index in [4.69, 9.17) is 15.0 Å². The summed E-state index contributed by atoms with van der Waals surface area (Å²) in [6.45, 7) is 0. The van der Waals surface area contributed by atoms with Crippen LogP contribution in [0.25, 0.3) is 77.6 Å². The Hall–Kier alpha value is -7.20. The van der Waals surface area contributed by atoms with Gasteiger partial charge in [-0.2, -0.15) is 15.8 Å². The molecule has 2 aromatic heterocycles. The van der Waals surface area contributed by atoms with Gasteiger partial charge in [0.25, 0.3) is 0 Å². The topological polar surface area (TPSA) is 110 Å². The fourth-order valence-corrected chi connectivity index (χ4v) is 6.32. The smallest absolute Gasteiger partial charge is 0.0999 e. The second kappa shape index (κ2) is 11.6. The van der Waals surface area contributed by atoms with Gasteiger partial charge >= 0.3 is 0 Å². The first-order valence-electron chi connectivity index (χ1n) is 15.3. The third-order valence-corrected chi connectivity index (χ3v) is 8.48. The van der Waals surface area contributed by atoms with Crippen molar-refractivity contribution in [1.29, 1.82) is 15.8 Å². The molecule has 48 heavy (non-hydrogen) atoms. The van der Waals surface area contributed by atoms with E-state index in [0.29, 0.717) is 38.8 Å². The lowest BCUT2D eigenvalue weighted by atomic mass is 9.93. The van der Waals surface area contributed by atoms with Gasteiger partial charge in [-0.05, 0) is 47.5 Å². The quantitative estimate of drug-likeness (QED) is 0.184. The lowest BCUT2D eigenvalue weighted by Crippen LogP contribution is -1.99. The Balaban J connectivity index is 1.47. The number of benzene rings is 6. The number of para-hydroxylation sites is 1. The van der Waals surface area contributed by atoms with E-state index in [1.54, 1.807) is 18.2 Å². The maximum absolute atomic E-state index is 10.6. The number of pyridine rings is 1. The number of rotatable bonds is 4. The molecule has 0 aliphatic heterocycles. The van der Waals surface area contributed by atoms with E-state index in [2.05, 4.69) is 18.2 Å². The molecule has 0 fully saturated rings. The van der Waals surface area contributed by atoms with Crippen LogP contribution in [0.1, 0.15) is 16.7 Å². The SMILES string of the molecule is N#Cc1cc(C#N)cc(-c2cccc(-c3nc4ccccc4c4c3c(C#N)cc3nc(-c5ccccc5)c(-c5ccccc5)nc34)c2)c1. The van der Waals surface area contributed by atoms with Crippen molar-refractivity contribution < 1.29 is 0 Å². The van der Waals surface area contributed by atoms with Crippen molar-refractivity contribution in [3.05, 3.63) is 150 Å². The van der Waals surface area contributed by atoms with Crippen molar-refractivity contribution in [2.24, 2.45) is 0 Å². The van der Waals surface area contributed by atoms with Crippen LogP contribution in [0.4, 0.5) is 0 Å². The van der Waals surface area contributed by atoms with Crippen molar-refractivity contribution in [3.63, 3.8) is 0 Å². The molecule has 0 N–H and O–H groups in total. The van der Waals surface area contributed by atoms with Gasteiger partial charge < -0.3 is 0 Å². The molecule has 6 aromatic carbocycles. The summed E-state index contributed by atoms with van der Waals surface area (Å²) in [5.41, 5.74) is 9.65. The van der Waals surface area contributed by atoms with Crippen molar-refractivity contribution in [2.45, 2.75) is 0 Å². The first kappa shape index (κ1) is 28.3. The van der Waals surface area contributed by atoms with Crippen LogP contribution in [0.15, 0.2) is 133 Å². The monoisotopic (exact) mass is 610 g/mol. The van der Waals surface area contributed by atoms with Crippen molar-refractivity contribution in [2.75, 3.05) is 0 Å². The highest BCUT2D eigenvalue weighted by Crippen LogP contribution is 2.41. The Labute approximate surface area is 276 Å². The average Bonchev–Trinajstić information content (AvgIpc) is 3.17. The highest BCUT2D eigenvalue weighted by atomic mass is 14.8. The number of fused-ring (bicyclic) bond motifs is 5. The standard InChI is InChI=1S/C42H22N6/c43-23-26-18-27(24-44)20-32(19-26)30-14-9-15-31(21-30)39-37-33(25-45)22-36-42(38(37)34-16-7-8-17-35(34)46-39)48-41(29-12-5-2-6-13-29)40(47-36)28-10-3-1-4-11-28/h1-22H. The van der Waals surface area contributed by atoms with Gasteiger partial charge in [-0.15, -0.1) is 0 Å². The number of nitrogens with zero attached hydrogens (tertiary/aromatic N) is 6. The molecular weight excluding hydrogens is 589 g/mol. The fraction of sp³-hybridized carbons (Fsp3) is 0. The first-order chi connectivity index (χ1) is 23.6. The molecule has 8 aromatic rings. The van der Waals surface area contributed by atoms with Crippen LogP contribution in [0.3, 0.4) is 0 Å². The first-order valence-corrected chi connectivity index (χ1v) is 15.3. The minimum Gasteiger partial charge on any atom is -0.247 e. The van der Waals surface area contributed by atoms with E-state index < -0.39 is 0 Å². The third kappa shape index (κ3) is 4.77. The lowest BCUT2D eigenvalue weighted by Gasteiger charge is -2.16. The van der Waals surface area contributed by atoms with Crippen LogP contribution in [-0.2, 0) is 0 Å². The summed E-state index contributed by atoms with van der Waals surface area (Å²) in [7, 11) is 0. The van der Waals surface area contributed by atoms with Gasteiger partial charge in [0.2, 0.25) is 0 Å². The molecule has 0 aliphatic carbocycles. The summed E-state index contributed by atoms with van der Waals surface area (Å²) in [6, 6.07) is 49.4. The van der Waals surface area contributed by atoms with Crippen molar-refractivity contribution >= 4 is 32.7 Å². The van der Waals surface area contributed by atoms with Crippen LogP contribution in [0, 0.1) is 34.0 Å². The second-order valence-electron chi connectivity index (χ2n) is 11.4. The van der Waals surface area contributed by atoms with Crippen molar-refractivity contribution in [1.82, 2.24) is 15.0 Å². The summed E-state index contributed by atoms with van der Waals surface area (Å²) in [6.07, 6.45) is 0. The Morgan fingerprint density at radius 3 is 1.65 bits per heavy atom. The van der Waals surface area contributed by atoms with Crippen LogP contribution in [-0.4, -0.2) is 15.0 Å². The molecular formula is C42H22N6. The van der Waals surface area contributed by atoms with Gasteiger partial charge in [-0.1, -0.05) is 97.1 Å². The van der Waals surface area contributed by atoms with E-state index in [-0.39, 0.29) is 0 Å². The zero-order valence-corrected chi connectivity index (χ0v) is 25.4. The maximum atomic E-state index is 10.6. The predicted molar refractivity (Wildman–Crippen MR) is 188 cm³/mol. The number of aromatic nitrogens is 3. The van der Waals surface area contributed by atoms with Gasteiger partial charge in [0.15, 0.2) is 0 Å². The highest BCUT2D eigenvalue weighted by Gasteiger charge is 2.21. The molecule has 220 valence electrons. The van der Waals surface area contributed by atoms with Crippen LogP contribution >= 0.6 is 0 Å². The summed E-state index contributed by atoms with van der Waals surface area (Å²) in [5.74, 6) is 0. The van der Waals surface area contributed by atoms with Crippen LogP contribution in [0.2, 0.25) is 0 Å². The molecule has 0 aliphatic rings. The van der Waals surface area contributed by atoms with E-state index >= 15 is 0 Å². The Morgan fingerprint density at radius 2 is 0.979 bits per heavy atom. The van der Waals surface area contributed by atoms with Crippen molar-refractivity contribution in [3.8, 4) is 63.1 Å². The third-order valence-electron chi connectivity index (χ3n) is 8.48. The van der Waals surface area contributed by atoms with Gasteiger partial charge in [-0.3, -0.25) is 0 Å². The van der Waals surface area contributed by atoms with E-state index in [1.807, 2.05) is 115 Å². The number of hydrogen-bond acceptors (Lipinski definition) is 6. The Bertz CT molecular complexity index is 2660. The zero-order valence-electron chi connectivity index (χ0n) is 25.4. The molecule has 0 radical (unpaired) electrons. The summed E-state index contributed by atoms with van der Waals surface area (Å²) >= 11 is 0. The maximum Gasteiger partial charge on any atom is 0.0999 e. The predicted octanol–water partition coefficient (Wildman–Crippen LogP) is 9.61. The molecule has 0 saturated carbocycles. The zero-order chi connectivity index (χ0) is 32.6. The molecule has 8 rings (SSSR count). The number of hydrogen-bond donors (Lipinski definition) is 0. The van der Waals surface area contributed by atoms with Crippen LogP contribution in [0.5, 0.6) is 0 Å². The van der Waals surface area contributed by atoms with E-state index in [9.17, 15) is 15.8 Å². The summed E-state index contributed by atoms with van der Waals surface area (Å²) in [4.78, 5) is 15.7. The normalized spacial score (nSPS) is 10.9. The Kier molecular flexibility index (Phi) is 6.85. The lowest BCUT2D eigenvalue weighted by molar-refractivity contribution is 1.30.